The van der Waals surface area contributed by atoms with Crippen molar-refractivity contribution >= 4 is 35.2 Å². The summed E-state index contributed by atoms with van der Waals surface area (Å²) in [6.07, 6.45) is 0. The van der Waals surface area contributed by atoms with Gasteiger partial charge in [-0.1, -0.05) is 0 Å². The molecule has 0 aliphatic heterocycles. The van der Waals surface area contributed by atoms with Crippen molar-refractivity contribution in [2.75, 3.05) is 0 Å². The third-order valence-electron chi connectivity index (χ3n) is 0.734. The SMILES string of the molecule is [I][Zn][c]1ccsc1. The number of hydrogen-bond donors (Lipinski definition) is 0. The number of hydrogen-bond acceptors (Lipinski definition) is 1. The van der Waals surface area contributed by atoms with Crippen molar-refractivity contribution in [1.82, 2.24) is 0 Å². The Kier molecular flexibility index (Phi) is 2.78. The van der Waals surface area contributed by atoms with Crippen LogP contribution in [0.15, 0.2) is 16.8 Å². The molecule has 34 valence electrons. The van der Waals surface area contributed by atoms with E-state index in [2.05, 4.69) is 36.6 Å². The van der Waals surface area contributed by atoms with Gasteiger partial charge in [0.05, 0.1) is 0 Å². The fourth-order valence-corrected chi connectivity index (χ4v) is 6.94. The van der Waals surface area contributed by atoms with Gasteiger partial charge < -0.3 is 0 Å². The molecule has 1 aromatic rings. The first-order valence-electron chi connectivity index (χ1n) is 2.00. The molecule has 0 aliphatic carbocycles. The summed E-state index contributed by atoms with van der Waals surface area (Å²) in [6, 6.07) is 2.23. The van der Waals surface area contributed by atoms with Crippen LogP contribution in [0.25, 0.3) is 0 Å². The van der Waals surface area contributed by atoms with Crippen molar-refractivity contribution in [3.8, 4) is 0 Å². The van der Waals surface area contributed by atoms with Crippen LogP contribution >= 0.6 is 31.1 Å². The standard InChI is InChI=1S/C4H3S.HI.Zn/c1-2-4-5-3-1;;/h1,3-4H;1H;/q;;+1/p-1. The first kappa shape index (κ1) is 6.18. The second-order valence-electron chi connectivity index (χ2n) is 1.27. The zero-order chi connectivity index (χ0) is 5.11. The van der Waals surface area contributed by atoms with Crippen LogP contribution in [0.2, 0.25) is 0 Å². The van der Waals surface area contributed by atoms with E-state index in [1.165, 1.54) is 0 Å². The zero-order valence-corrected chi connectivity index (χ0v) is 9.67. The summed E-state index contributed by atoms with van der Waals surface area (Å²) in [5.74, 6) is 0. The third-order valence-corrected chi connectivity index (χ3v) is 8.23. The van der Waals surface area contributed by atoms with E-state index >= 15 is 0 Å². The van der Waals surface area contributed by atoms with Crippen LogP contribution in [0.1, 0.15) is 0 Å². The summed E-state index contributed by atoms with van der Waals surface area (Å²) in [6.45, 7) is 0. The Labute approximate surface area is 65.1 Å². The summed E-state index contributed by atoms with van der Waals surface area (Å²) < 4.78 is 1.62. The fraction of sp³-hybridized carbons (Fsp3) is 0. The molecule has 1 aromatic heterocycles. The van der Waals surface area contributed by atoms with E-state index in [4.69, 9.17) is 0 Å². The van der Waals surface area contributed by atoms with E-state index in [0.29, 0.717) is 0 Å². The van der Waals surface area contributed by atoms with Crippen LogP contribution in [0, 0.1) is 0 Å². The maximum atomic E-state index is 2.54. The molecule has 0 nitrogen and oxygen atoms in total. The Morgan fingerprint density at radius 3 is 2.86 bits per heavy atom. The van der Waals surface area contributed by atoms with Crippen molar-refractivity contribution in [2.45, 2.75) is 0 Å². The normalized spacial score (nSPS) is 8.14. The monoisotopic (exact) mass is 274 g/mol. The molecule has 0 saturated heterocycles. The minimum atomic E-state index is -0.245. The second-order valence-corrected chi connectivity index (χ2v) is 8.28. The molecule has 0 saturated carbocycles. The van der Waals surface area contributed by atoms with E-state index in [0.717, 1.165) is 0 Å². The minimum absolute atomic E-state index is 0.245. The summed E-state index contributed by atoms with van der Waals surface area (Å²) in [5, 5.41) is 4.41. The Hall–Kier alpha value is 1.05. The average molecular weight is 275 g/mol. The van der Waals surface area contributed by atoms with Crippen LogP contribution in [-0.4, -0.2) is 0 Å². The Morgan fingerprint density at radius 1 is 1.71 bits per heavy atom. The zero-order valence-electron chi connectivity index (χ0n) is 3.73. The van der Waals surface area contributed by atoms with Gasteiger partial charge in [-0.3, -0.25) is 0 Å². The van der Waals surface area contributed by atoms with Gasteiger partial charge in [-0.25, -0.2) is 0 Å². The summed E-state index contributed by atoms with van der Waals surface area (Å²) in [7, 11) is 0. The Morgan fingerprint density at radius 2 is 2.57 bits per heavy atom. The number of thiophene rings is 1. The summed E-state index contributed by atoms with van der Waals surface area (Å²) in [5.41, 5.74) is 0. The molecule has 1 rings (SSSR count). The van der Waals surface area contributed by atoms with Crippen LogP contribution < -0.4 is 4.16 Å². The molecule has 0 unspecified atom stereocenters. The molecular weight excluding hydrogens is 272 g/mol. The predicted octanol–water partition coefficient (Wildman–Crippen LogP) is 1.81. The second kappa shape index (κ2) is 3.15. The van der Waals surface area contributed by atoms with Gasteiger partial charge in [0.2, 0.25) is 0 Å². The third kappa shape index (κ3) is 1.78. The van der Waals surface area contributed by atoms with Crippen LogP contribution in [0.4, 0.5) is 0 Å². The van der Waals surface area contributed by atoms with Gasteiger partial charge in [0, 0.05) is 0 Å². The summed E-state index contributed by atoms with van der Waals surface area (Å²) in [4.78, 5) is 0. The average Bonchev–Trinajstić information content (AvgIpc) is 2.14. The molecule has 0 amide bonds. The van der Waals surface area contributed by atoms with Gasteiger partial charge in [-0.15, -0.1) is 0 Å². The molecule has 0 spiro atoms. The molecule has 0 N–H and O–H groups in total. The topological polar surface area (TPSA) is 0 Å². The predicted molar refractivity (Wildman–Crippen MR) is 38.0 cm³/mol. The molecule has 0 radical (unpaired) electrons. The van der Waals surface area contributed by atoms with Gasteiger partial charge >= 0.3 is 65.7 Å². The van der Waals surface area contributed by atoms with Crippen LogP contribution in [-0.2, 0) is 13.6 Å². The summed E-state index contributed by atoms with van der Waals surface area (Å²) >= 11 is 4.11. The number of rotatable bonds is 1. The van der Waals surface area contributed by atoms with E-state index in [9.17, 15) is 0 Å². The molecule has 0 atom stereocenters. The maximum absolute atomic E-state index is 2.54. The van der Waals surface area contributed by atoms with Crippen molar-refractivity contribution in [3.05, 3.63) is 16.8 Å². The van der Waals surface area contributed by atoms with Crippen molar-refractivity contribution in [2.24, 2.45) is 0 Å². The molecule has 3 heteroatoms. The van der Waals surface area contributed by atoms with Crippen LogP contribution in [0.5, 0.6) is 0 Å². The molecule has 0 aliphatic rings. The van der Waals surface area contributed by atoms with Crippen molar-refractivity contribution in [1.29, 1.82) is 0 Å². The quantitative estimate of drug-likeness (QED) is 0.542. The van der Waals surface area contributed by atoms with Gasteiger partial charge in [0.15, 0.2) is 0 Å². The molecule has 1 heterocycles. The molecule has 0 aromatic carbocycles. The Bertz CT molecular complexity index is 126. The van der Waals surface area contributed by atoms with E-state index in [-0.39, 0.29) is 13.6 Å². The van der Waals surface area contributed by atoms with Gasteiger partial charge in [0.1, 0.15) is 0 Å². The van der Waals surface area contributed by atoms with E-state index in [1.807, 2.05) is 0 Å². The van der Waals surface area contributed by atoms with Crippen molar-refractivity contribution in [3.63, 3.8) is 0 Å². The van der Waals surface area contributed by atoms with Gasteiger partial charge in [-0.05, 0) is 0 Å². The Balaban J connectivity index is 2.76. The molecule has 0 fully saturated rings. The van der Waals surface area contributed by atoms with E-state index < -0.39 is 0 Å². The first-order chi connectivity index (χ1) is 3.43. The van der Waals surface area contributed by atoms with Gasteiger partial charge in [0.25, 0.3) is 0 Å². The van der Waals surface area contributed by atoms with E-state index in [1.54, 1.807) is 15.5 Å². The van der Waals surface area contributed by atoms with Crippen molar-refractivity contribution < 1.29 is 13.6 Å². The van der Waals surface area contributed by atoms with Gasteiger partial charge in [-0.2, -0.15) is 0 Å². The molecule has 0 bridgehead atoms. The first-order valence-corrected chi connectivity index (χ1v) is 13.5. The molecule has 7 heavy (non-hydrogen) atoms. The number of halogens is 1. The van der Waals surface area contributed by atoms with Crippen LogP contribution in [0.3, 0.4) is 0 Å². The molecular formula is C4H3ISZn. The fourth-order valence-electron chi connectivity index (χ4n) is 0.369.